The van der Waals surface area contributed by atoms with Gasteiger partial charge in [0.1, 0.15) is 5.69 Å². The van der Waals surface area contributed by atoms with Crippen molar-refractivity contribution < 1.29 is 17.6 Å². The molecule has 0 spiro atoms. The fourth-order valence-electron chi connectivity index (χ4n) is 3.14. The van der Waals surface area contributed by atoms with Crippen LogP contribution in [-0.2, 0) is 9.84 Å². The van der Waals surface area contributed by atoms with Gasteiger partial charge in [-0.25, -0.2) is 18.1 Å². The minimum absolute atomic E-state index is 0.0456. The van der Waals surface area contributed by atoms with Crippen LogP contribution >= 0.6 is 0 Å². The van der Waals surface area contributed by atoms with Crippen molar-refractivity contribution in [1.82, 2.24) is 14.8 Å². The molecular weight excluding hydrogens is 404 g/mol. The summed E-state index contributed by atoms with van der Waals surface area (Å²) in [4.78, 5) is 17.9. The lowest BCUT2D eigenvalue weighted by Gasteiger charge is -2.11. The molecule has 8 nitrogen and oxygen atoms in total. The van der Waals surface area contributed by atoms with E-state index in [1.807, 2.05) is 13.8 Å². The first kappa shape index (κ1) is 19.8. The summed E-state index contributed by atoms with van der Waals surface area (Å²) >= 11 is 0. The molecule has 0 atom stereocenters. The van der Waals surface area contributed by atoms with Gasteiger partial charge in [-0.2, -0.15) is 5.10 Å². The van der Waals surface area contributed by atoms with Gasteiger partial charge in [0, 0.05) is 18.0 Å². The minimum Gasteiger partial charge on any atom is -0.463 e. The number of carbonyl (C=O) groups is 1. The van der Waals surface area contributed by atoms with Gasteiger partial charge in [0.2, 0.25) is 0 Å². The Balaban J connectivity index is 1.81. The molecule has 0 radical (unpaired) electrons. The Hall–Kier alpha value is -3.46. The Kier molecular flexibility index (Phi) is 4.90. The number of nitrogens with zero attached hydrogens (tertiary/aromatic N) is 3. The van der Waals surface area contributed by atoms with E-state index in [2.05, 4.69) is 15.4 Å². The number of hydrogen-bond acceptors (Lipinski definition) is 6. The van der Waals surface area contributed by atoms with Gasteiger partial charge in [-0.1, -0.05) is 6.07 Å². The number of sulfone groups is 1. The summed E-state index contributed by atoms with van der Waals surface area (Å²) in [5.41, 5.74) is 1.81. The summed E-state index contributed by atoms with van der Waals surface area (Å²) in [6.07, 6.45) is 4.27. The van der Waals surface area contributed by atoms with Gasteiger partial charge < -0.3 is 9.73 Å². The quantitative estimate of drug-likeness (QED) is 0.520. The molecule has 0 saturated carbocycles. The summed E-state index contributed by atoms with van der Waals surface area (Å²) in [5.74, 6) is 0.130. The van der Waals surface area contributed by atoms with Crippen LogP contribution in [0, 0.1) is 0 Å². The molecule has 3 aromatic heterocycles. The van der Waals surface area contributed by atoms with Gasteiger partial charge in [-0.05, 0) is 50.2 Å². The summed E-state index contributed by atoms with van der Waals surface area (Å²) < 4.78 is 30.8. The second kappa shape index (κ2) is 7.42. The number of hydrogen-bond donors (Lipinski definition) is 1. The molecule has 0 unspecified atom stereocenters. The lowest BCUT2D eigenvalue weighted by Crippen LogP contribution is -2.14. The van der Waals surface area contributed by atoms with Crippen LogP contribution in [0.2, 0.25) is 0 Å². The number of furan rings is 1. The predicted octanol–water partition coefficient (Wildman–Crippen LogP) is 3.93. The molecule has 4 aromatic rings. The first-order valence-corrected chi connectivity index (χ1v) is 11.2. The summed E-state index contributed by atoms with van der Waals surface area (Å²) in [6, 6.07) is 11.3. The van der Waals surface area contributed by atoms with Crippen LogP contribution in [0.5, 0.6) is 0 Å². The van der Waals surface area contributed by atoms with Crippen LogP contribution < -0.4 is 5.32 Å². The number of aromatic nitrogens is 3. The van der Waals surface area contributed by atoms with Crippen LogP contribution in [0.3, 0.4) is 0 Å². The molecule has 30 heavy (non-hydrogen) atoms. The van der Waals surface area contributed by atoms with Crippen LogP contribution in [0.15, 0.2) is 64.2 Å². The second-order valence-electron chi connectivity index (χ2n) is 7.21. The fourth-order valence-corrected chi connectivity index (χ4v) is 3.80. The maximum atomic E-state index is 13.1. The summed E-state index contributed by atoms with van der Waals surface area (Å²) in [7, 11) is -3.39. The molecule has 1 amide bonds. The standard InChI is InChI=1S/C21H20N4O4S/c1-13(2)25-20-17(12-22-25)16(11-18(24-20)19-8-5-9-29-19)21(26)23-14-6-4-7-15(10-14)30(3,27)28/h4-13H,1-3H3,(H,23,26). The molecule has 1 aromatic carbocycles. The zero-order chi connectivity index (χ0) is 21.5. The van der Waals surface area contributed by atoms with Crippen molar-refractivity contribution in [2.24, 2.45) is 0 Å². The number of amides is 1. The Bertz CT molecular complexity index is 1340. The Morgan fingerprint density at radius 1 is 1.17 bits per heavy atom. The molecule has 0 aliphatic carbocycles. The second-order valence-corrected chi connectivity index (χ2v) is 9.22. The molecular formula is C21H20N4O4S. The molecule has 0 aliphatic heterocycles. The number of anilines is 1. The number of rotatable bonds is 5. The Morgan fingerprint density at radius 3 is 2.63 bits per heavy atom. The highest BCUT2D eigenvalue weighted by atomic mass is 32.2. The smallest absolute Gasteiger partial charge is 0.256 e. The van der Waals surface area contributed by atoms with E-state index in [1.165, 1.54) is 18.4 Å². The van der Waals surface area contributed by atoms with Crippen molar-refractivity contribution in [1.29, 1.82) is 0 Å². The van der Waals surface area contributed by atoms with E-state index in [0.717, 1.165) is 6.26 Å². The molecule has 154 valence electrons. The molecule has 4 rings (SSSR count). The van der Waals surface area contributed by atoms with Gasteiger partial charge in [0.15, 0.2) is 21.2 Å². The number of fused-ring (bicyclic) bond motifs is 1. The lowest BCUT2D eigenvalue weighted by atomic mass is 10.1. The average Bonchev–Trinajstić information content (AvgIpc) is 3.36. The minimum atomic E-state index is -3.39. The molecule has 1 N–H and O–H groups in total. The van der Waals surface area contributed by atoms with Gasteiger partial charge in [0.25, 0.3) is 5.91 Å². The highest BCUT2D eigenvalue weighted by molar-refractivity contribution is 7.90. The van der Waals surface area contributed by atoms with E-state index in [0.29, 0.717) is 33.7 Å². The highest BCUT2D eigenvalue weighted by Gasteiger charge is 2.20. The molecule has 0 aliphatic rings. The van der Waals surface area contributed by atoms with Gasteiger partial charge >= 0.3 is 0 Å². The average molecular weight is 424 g/mol. The third kappa shape index (κ3) is 3.71. The zero-order valence-corrected chi connectivity index (χ0v) is 17.5. The monoisotopic (exact) mass is 424 g/mol. The molecule has 0 saturated heterocycles. The van der Waals surface area contributed by atoms with Crippen molar-refractivity contribution in [3.05, 3.63) is 60.5 Å². The zero-order valence-electron chi connectivity index (χ0n) is 16.7. The third-order valence-electron chi connectivity index (χ3n) is 4.59. The SMILES string of the molecule is CC(C)n1ncc2c(C(=O)Nc3cccc(S(C)(=O)=O)c3)cc(-c3ccco3)nc21. The van der Waals surface area contributed by atoms with E-state index >= 15 is 0 Å². The topological polar surface area (TPSA) is 107 Å². The van der Waals surface area contributed by atoms with E-state index in [-0.39, 0.29) is 10.9 Å². The van der Waals surface area contributed by atoms with Crippen molar-refractivity contribution >= 4 is 32.5 Å². The number of carbonyl (C=O) groups excluding carboxylic acids is 1. The van der Waals surface area contributed by atoms with Crippen LogP contribution in [0.25, 0.3) is 22.5 Å². The lowest BCUT2D eigenvalue weighted by molar-refractivity contribution is 0.102. The van der Waals surface area contributed by atoms with Gasteiger partial charge in [-0.3, -0.25) is 4.79 Å². The highest BCUT2D eigenvalue weighted by Crippen LogP contribution is 2.27. The van der Waals surface area contributed by atoms with Gasteiger partial charge in [-0.15, -0.1) is 0 Å². The number of benzene rings is 1. The molecule has 9 heteroatoms. The van der Waals surface area contributed by atoms with Gasteiger partial charge in [0.05, 0.1) is 28.3 Å². The van der Waals surface area contributed by atoms with Crippen LogP contribution in [0.1, 0.15) is 30.2 Å². The predicted molar refractivity (Wildman–Crippen MR) is 113 cm³/mol. The number of pyridine rings is 1. The molecule has 0 fully saturated rings. The van der Waals surface area contributed by atoms with E-state index in [4.69, 9.17) is 4.42 Å². The van der Waals surface area contributed by atoms with E-state index < -0.39 is 15.7 Å². The van der Waals surface area contributed by atoms with Crippen LogP contribution in [-0.4, -0.2) is 35.3 Å². The summed E-state index contributed by atoms with van der Waals surface area (Å²) in [5, 5.41) is 7.75. The normalized spacial score (nSPS) is 11.9. The van der Waals surface area contributed by atoms with E-state index in [1.54, 1.807) is 41.2 Å². The third-order valence-corrected chi connectivity index (χ3v) is 5.70. The largest absolute Gasteiger partial charge is 0.463 e. The first-order valence-electron chi connectivity index (χ1n) is 9.27. The molecule has 0 bridgehead atoms. The van der Waals surface area contributed by atoms with Crippen molar-refractivity contribution in [2.45, 2.75) is 24.8 Å². The fraction of sp³-hybridized carbons (Fsp3) is 0.190. The summed E-state index contributed by atoms with van der Waals surface area (Å²) in [6.45, 7) is 3.95. The van der Waals surface area contributed by atoms with E-state index in [9.17, 15) is 13.2 Å². The van der Waals surface area contributed by atoms with Crippen molar-refractivity contribution in [3.8, 4) is 11.5 Å². The molecule has 3 heterocycles. The van der Waals surface area contributed by atoms with Crippen LogP contribution in [0.4, 0.5) is 5.69 Å². The maximum absolute atomic E-state index is 13.1. The van der Waals surface area contributed by atoms with Crippen molar-refractivity contribution in [2.75, 3.05) is 11.6 Å². The Morgan fingerprint density at radius 2 is 1.97 bits per heavy atom. The first-order chi connectivity index (χ1) is 14.2. The maximum Gasteiger partial charge on any atom is 0.256 e. The number of nitrogens with one attached hydrogen (secondary N) is 1. The van der Waals surface area contributed by atoms with Crippen molar-refractivity contribution in [3.63, 3.8) is 0 Å². The Labute approximate surface area is 173 Å².